The predicted molar refractivity (Wildman–Crippen MR) is 73.9 cm³/mol. The molecule has 2 atom stereocenters. The van der Waals surface area contributed by atoms with Gasteiger partial charge in [-0.25, -0.2) is 0 Å². The molecule has 2 rings (SSSR count). The van der Waals surface area contributed by atoms with Crippen LogP contribution in [0.25, 0.3) is 0 Å². The van der Waals surface area contributed by atoms with Gasteiger partial charge in [0.15, 0.2) is 0 Å². The van der Waals surface area contributed by atoms with E-state index in [1.165, 1.54) is 28.0 Å². The number of nitrogens with one attached hydrogen (secondary N) is 2. The Labute approximate surface area is 110 Å². The number of hydrogen-bond donors (Lipinski definition) is 2. The summed E-state index contributed by atoms with van der Waals surface area (Å²) < 4.78 is 1.22. The van der Waals surface area contributed by atoms with Crippen molar-refractivity contribution in [3.63, 3.8) is 0 Å². The van der Waals surface area contributed by atoms with Gasteiger partial charge in [0.2, 0.25) is 0 Å². The van der Waals surface area contributed by atoms with Crippen LogP contribution < -0.4 is 10.6 Å². The fourth-order valence-corrected chi connectivity index (χ4v) is 3.72. The molecule has 1 fully saturated rings. The van der Waals surface area contributed by atoms with Crippen LogP contribution in [0.5, 0.6) is 0 Å². The minimum absolute atomic E-state index is 0.691. The fraction of sp³-hybridized carbons (Fsp3) is 0.667. The molecule has 2 heterocycles. The van der Waals surface area contributed by atoms with Crippen molar-refractivity contribution in [1.82, 2.24) is 10.6 Å². The van der Waals surface area contributed by atoms with Gasteiger partial charge >= 0.3 is 0 Å². The molecule has 0 amide bonds. The molecule has 1 aliphatic rings. The van der Waals surface area contributed by atoms with Crippen molar-refractivity contribution in [1.29, 1.82) is 0 Å². The lowest BCUT2D eigenvalue weighted by molar-refractivity contribution is 0.304. The topological polar surface area (TPSA) is 24.1 Å². The highest BCUT2D eigenvalue weighted by molar-refractivity contribution is 9.11. The van der Waals surface area contributed by atoms with Gasteiger partial charge in [0.05, 0.1) is 3.79 Å². The fourth-order valence-electron chi connectivity index (χ4n) is 2.27. The van der Waals surface area contributed by atoms with Crippen molar-refractivity contribution in [2.45, 2.75) is 32.4 Å². The van der Waals surface area contributed by atoms with Crippen LogP contribution >= 0.6 is 27.3 Å². The first kappa shape index (κ1) is 12.6. The van der Waals surface area contributed by atoms with Crippen molar-refractivity contribution in [3.8, 4) is 0 Å². The highest BCUT2D eigenvalue weighted by Gasteiger charge is 2.17. The molecular formula is C12H19BrN2S. The summed E-state index contributed by atoms with van der Waals surface area (Å²) in [4.78, 5) is 1.41. The Bertz CT molecular complexity index is 327. The lowest BCUT2D eigenvalue weighted by atomic mass is 9.93. The molecule has 1 aromatic heterocycles. The standard InChI is InChI=1S/C12H19BrN2S/c1-9-6-10(4-5-15-9)7-14-8-11-2-3-12(13)16-11/h2-3,9-10,14-15H,4-8H2,1H3. The molecule has 2 unspecified atom stereocenters. The second-order valence-electron chi connectivity index (χ2n) is 4.58. The zero-order valence-corrected chi connectivity index (χ0v) is 12.0. The zero-order valence-electron chi connectivity index (χ0n) is 9.63. The van der Waals surface area contributed by atoms with E-state index in [0.29, 0.717) is 6.04 Å². The first-order chi connectivity index (χ1) is 7.74. The predicted octanol–water partition coefficient (Wildman–Crippen LogP) is 2.99. The number of piperidine rings is 1. The van der Waals surface area contributed by atoms with Crippen LogP contribution in [-0.4, -0.2) is 19.1 Å². The highest BCUT2D eigenvalue weighted by atomic mass is 79.9. The van der Waals surface area contributed by atoms with Crippen molar-refractivity contribution in [2.24, 2.45) is 5.92 Å². The third-order valence-electron chi connectivity index (χ3n) is 3.09. The molecule has 1 aliphatic heterocycles. The van der Waals surface area contributed by atoms with Crippen LogP contribution in [0.4, 0.5) is 0 Å². The maximum atomic E-state index is 3.57. The second-order valence-corrected chi connectivity index (χ2v) is 7.13. The summed E-state index contributed by atoms with van der Waals surface area (Å²) in [6.07, 6.45) is 2.62. The molecule has 0 radical (unpaired) electrons. The molecule has 0 aliphatic carbocycles. The quantitative estimate of drug-likeness (QED) is 0.893. The van der Waals surface area contributed by atoms with Gasteiger partial charge in [-0.2, -0.15) is 0 Å². The van der Waals surface area contributed by atoms with Gasteiger partial charge in [0.25, 0.3) is 0 Å². The summed E-state index contributed by atoms with van der Waals surface area (Å²) in [6.45, 7) is 5.62. The lowest BCUT2D eigenvalue weighted by Gasteiger charge is -2.28. The third-order valence-corrected chi connectivity index (χ3v) is 4.72. The van der Waals surface area contributed by atoms with Crippen LogP contribution in [0.15, 0.2) is 15.9 Å². The largest absolute Gasteiger partial charge is 0.314 e. The van der Waals surface area contributed by atoms with Gasteiger partial charge in [-0.1, -0.05) is 0 Å². The molecule has 0 saturated carbocycles. The smallest absolute Gasteiger partial charge is 0.0701 e. The van der Waals surface area contributed by atoms with Gasteiger partial charge < -0.3 is 10.6 Å². The van der Waals surface area contributed by atoms with Crippen LogP contribution in [-0.2, 0) is 6.54 Å². The summed E-state index contributed by atoms with van der Waals surface area (Å²) in [5.41, 5.74) is 0. The maximum Gasteiger partial charge on any atom is 0.0701 e. The number of rotatable bonds is 4. The van der Waals surface area contributed by atoms with Gasteiger partial charge in [0, 0.05) is 17.5 Å². The van der Waals surface area contributed by atoms with Crippen molar-refractivity contribution < 1.29 is 0 Å². The highest BCUT2D eigenvalue weighted by Crippen LogP contribution is 2.22. The molecule has 2 N–H and O–H groups in total. The molecule has 0 spiro atoms. The molecule has 0 bridgehead atoms. The van der Waals surface area contributed by atoms with Crippen molar-refractivity contribution in [2.75, 3.05) is 13.1 Å². The summed E-state index contributed by atoms with van der Waals surface area (Å²) in [5, 5.41) is 7.06. The zero-order chi connectivity index (χ0) is 11.4. The van der Waals surface area contributed by atoms with E-state index < -0.39 is 0 Å². The second kappa shape index (κ2) is 6.15. The Balaban J connectivity index is 1.67. The Morgan fingerprint density at radius 1 is 1.56 bits per heavy atom. The Kier molecular flexibility index (Phi) is 4.82. The van der Waals surface area contributed by atoms with E-state index >= 15 is 0 Å². The van der Waals surface area contributed by atoms with E-state index in [1.54, 1.807) is 0 Å². The Hall–Kier alpha value is 0.1000. The molecule has 0 aromatic carbocycles. The molecule has 90 valence electrons. The van der Waals surface area contributed by atoms with E-state index in [-0.39, 0.29) is 0 Å². The number of halogens is 1. The van der Waals surface area contributed by atoms with Crippen LogP contribution in [0, 0.1) is 5.92 Å². The first-order valence-corrected chi connectivity index (χ1v) is 7.53. The normalized spacial score (nSPS) is 25.9. The summed E-state index contributed by atoms with van der Waals surface area (Å²) in [6, 6.07) is 5.00. The average molecular weight is 303 g/mol. The molecule has 1 aromatic rings. The summed E-state index contributed by atoms with van der Waals surface area (Å²) in [5.74, 6) is 0.847. The van der Waals surface area contributed by atoms with Crippen LogP contribution in [0.1, 0.15) is 24.6 Å². The SMILES string of the molecule is CC1CC(CNCc2ccc(Br)s2)CCN1. The molecule has 4 heteroatoms. The van der Waals surface area contributed by atoms with Gasteiger partial charge in [-0.05, 0) is 66.8 Å². The van der Waals surface area contributed by atoms with E-state index in [2.05, 4.69) is 45.6 Å². The first-order valence-electron chi connectivity index (χ1n) is 5.92. The third kappa shape index (κ3) is 3.84. The van der Waals surface area contributed by atoms with Gasteiger partial charge in [-0.15, -0.1) is 11.3 Å². The summed E-state index contributed by atoms with van der Waals surface area (Å²) in [7, 11) is 0. The van der Waals surface area contributed by atoms with E-state index in [9.17, 15) is 0 Å². The lowest BCUT2D eigenvalue weighted by Crippen LogP contribution is -2.39. The Morgan fingerprint density at radius 3 is 3.12 bits per heavy atom. The van der Waals surface area contributed by atoms with E-state index in [4.69, 9.17) is 0 Å². The Morgan fingerprint density at radius 2 is 2.44 bits per heavy atom. The number of thiophene rings is 1. The molecular weight excluding hydrogens is 284 g/mol. The minimum atomic E-state index is 0.691. The van der Waals surface area contributed by atoms with Crippen molar-refractivity contribution >= 4 is 27.3 Å². The summed E-state index contributed by atoms with van der Waals surface area (Å²) >= 11 is 5.31. The maximum absolute atomic E-state index is 3.57. The van der Waals surface area contributed by atoms with Crippen LogP contribution in [0.3, 0.4) is 0 Å². The van der Waals surface area contributed by atoms with Crippen molar-refractivity contribution in [3.05, 3.63) is 20.8 Å². The number of hydrogen-bond acceptors (Lipinski definition) is 3. The molecule has 1 saturated heterocycles. The monoisotopic (exact) mass is 302 g/mol. The molecule has 2 nitrogen and oxygen atoms in total. The minimum Gasteiger partial charge on any atom is -0.314 e. The van der Waals surface area contributed by atoms with E-state index in [0.717, 1.165) is 19.0 Å². The van der Waals surface area contributed by atoms with Crippen LogP contribution in [0.2, 0.25) is 0 Å². The molecule has 16 heavy (non-hydrogen) atoms. The van der Waals surface area contributed by atoms with E-state index in [1.807, 2.05) is 11.3 Å². The van der Waals surface area contributed by atoms with Gasteiger partial charge in [-0.3, -0.25) is 0 Å². The average Bonchev–Trinajstić information content (AvgIpc) is 2.64. The van der Waals surface area contributed by atoms with Gasteiger partial charge in [0.1, 0.15) is 0 Å².